The van der Waals surface area contributed by atoms with Crippen LogP contribution < -0.4 is 11.1 Å². The van der Waals surface area contributed by atoms with E-state index in [1.807, 2.05) is 0 Å². The van der Waals surface area contributed by atoms with Gasteiger partial charge in [0.1, 0.15) is 6.04 Å². The summed E-state index contributed by atoms with van der Waals surface area (Å²) in [5, 5.41) is 10.5. The number of methoxy groups -OCH3 is 1. The Morgan fingerprint density at radius 2 is 2.14 bits per heavy atom. The van der Waals surface area contributed by atoms with E-state index in [0.29, 0.717) is 25.8 Å². The first-order valence-corrected chi connectivity index (χ1v) is 4.38. The number of hydrogen-bond acceptors (Lipinski definition) is 4. The second kappa shape index (κ2) is 7.14. The van der Waals surface area contributed by atoms with E-state index in [1.165, 1.54) is 7.11 Å². The van der Waals surface area contributed by atoms with Gasteiger partial charge in [-0.2, -0.15) is 0 Å². The van der Waals surface area contributed by atoms with Gasteiger partial charge in [-0.3, -0.25) is 4.79 Å². The molecule has 0 unspecified atom stereocenters. The van der Waals surface area contributed by atoms with Crippen molar-refractivity contribution in [2.75, 3.05) is 13.7 Å². The first-order valence-electron chi connectivity index (χ1n) is 4.38. The molecule has 6 heteroatoms. The van der Waals surface area contributed by atoms with E-state index in [1.54, 1.807) is 0 Å². The molecule has 6 nitrogen and oxygen atoms in total. The Hall–Kier alpha value is -1.30. The highest BCUT2D eigenvalue weighted by Gasteiger charge is 2.12. The average Bonchev–Trinajstić information content (AvgIpc) is 2.15. The number of ether oxygens (including phenoxy) is 1. The molecule has 0 spiro atoms. The molecule has 1 atom stereocenters. The highest BCUT2D eigenvalue weighted by molar-refractivity contribution is 5.75. The number of nitrogens with two attached hydrogens (primary N) is 1. The minimum absolute atomic E-state index is 0.378. The lowest BCUT2D eigenvalue weighted by Crippen LogP contribution is -2.31. The molecule has 0 saturated heterocycles. The molecular weight excluding hydrogens is 188 g/mol. The number of hydrogen-bond donors (Lipinski definition) is 3. The van der Waals surface area contributed by atoms with Crippen LogP contribution in [0.1, 0.15) is 19.3 Å². The predicted molar refractivity (Wildman–Crippen MR) is 49.9 cm³/mol. The fourth-order valence-corrected chi connectivity index (χ4v) is 0.954. The van der Waals surface area contributed by atoms with Crippen molar-refractivity contribution in [2.24, 2.45) is 5.73 Å². The summed E-state index contributed by atoms with van der Waals surface area (Å²) in [6.45, 7) is 0.378. The van der Waals surface area contributed by atoms with Crippen LogP contribution in [0.4, 0.5) is 4.79 Å². The largest absolute Gasteiger partial charge is 0.468 e. The average molecular weight is 204 g/mol. The minimum Gasteiger partial charge on any atom is -0.468 e. The number of carbonyl (C=O) groups is 2. The number of unbranched alkanes of at least 4 members (excludes halogenated alkanes) is 1. The lowest BCUT2D eigenvalue weighted by Gasteiger charge is -2.08. The van der Waals surface area contributed by atoms with E-state index in [-0.39, 0.29) is 0 Å². The van der Waals surface area contributed by atoms with Gasteiger partial charge in [-0.15, -0.1) is 0 Å². The number of esters is 1. The molecule has 0 bridgehead atoms. The maximum atomic E-state index is 10.8. The van der Waals surface area contributed by atoms with Crippen molar-refractivity contribution in [3.8, 4) is 0 Å². The molecule has 0 aromatic carbocycles. The fraction of sp³-hybridized carbons (Fsp3) is 0.750. The zero-order valence-electron chi connectivity index (χ0n) is 8.16. The first kappa shape index (κ1) is 12.7. The topological polar surface area (TPSA) is 102 Å². The highest BCUT2D eigenvalue weighted by atomic mass is 16.5. The smallest absolute Gasteiger partial charge is 0.404 e. The van der Waals surface area contributed by atoms with E-state index in [2.05, 4.69) is 10.1 Å². The van der Waals surface area contributed by atoms with Gasteiger partial charge < -0.3 is 20.9 Å². The molecule has 0 aromatic rings. The Balaban J connectivity index is 3.36. The Bertz CT molecular complexity index is 196. The van der Waals surface area contributed by atoms with Crippen LogP contribution in [-0.4, -0.2) is 36.9 Å². The second-order valence-corrected chi connectivity index (χ2v) is 2.86. The quantitative estimate of drug-likeness (QED) is 0.415. The molecule has 0 aliphatic heterocycles. The number of nitrogens with one attached hydrogen (secondary N) is 1. The summed E-state index contributed by atoms with van der Waals surface area (Å²) < 4.78 is 4.43. The van der Waals surface area contributed by atoms with Crippen LogP contribution in [0, 0.1) is 0 Å². The molecule has 0 aliphatic rings. The molecule has 0 radical (unpaired) electrons. The standard InChI is InChI=1S/C8H16N2O4/c1-14-7(11)6(9)4-2-3-5-10-8(12)13/h6,10H,2-5,9H2,1H3,(H,12,13)/t6-/m0/s1. The van der Waals surface area contributed by atoms with E-state index in [4.69, 9.17) is 10.8 Å². The van der Waals surface area contributed by atoms with Crippen molar-refractivity contribution in [3.05, 3.63) is 0 Å². The highest BCUT2D eigenvalue weighted by Crippen LogP contribution is 1.99. The first-order chi connectivity index (χ1) is 6.57. The summed E-state index contributed by atoms with van der Waals surface area (Å²) in [5.74, 6) is -0.434. The zero-order valence-corrected chi connectivity index (χ0v) is 8.16. The van der Waals surface area contributed by atoms with E-state index in [9.17, 15) is 9.59 Å². The maximum absolute atomic E-state index is 10.8. The van der Waals surface area contributed by atoms with Crippen molar-refractivity contribution in [3.63, 3.8) is 0 Å². The molecule has 1 amide bonds. The number of amides is 1. The van der Waals surface area contributed by atoms with Crippen LogP contribution in [0.2, 0.25) is 0 Å². The Labute approximate surface area is 82.4 Å². The van der Waals surface area contributed by atoms with E-state index in [0.717, 1.165) is 0 Å². The molecule has 82 valence electrons. The maximum Gasteiger partial charge on any atom is 0.404 e. The zero-order chi connectivity index (χ0) is 11.0. The van der Waals surface area contributed by atoms with Crippen molar-refractivity contribution >= 4 is 12.1 Å². The molecule has 0 heterocycles. The van der Waals surface area contributed by atoms with Crippen LogP contribution >= 0.6 is 0 Å². The van der Waals surface area contributed by atoms with Crippen molar-refractivity contribution in [1.82, 2.24) is 5.32 Å². The summed E-state index contributed by atoms with van der Waals surface area (Å²) in [7, 11) is 1.29. The Morgan fingerprint density at radius 1 is 1.50 bits per heavy atom. The normalized spacial score (nSPS) is 11.9. The van der Waals surface area contributed by atoms with Gasteiger partial charge in [0, 0.05) is 6.54 Å². The van der Waals surface area contributed by atoms with Gasteiger partial charge in [0.15, 0.2) is 0 Å². The van der Waals surface area contributed by atoms with Crippen molar-refractivity contribution < 1.29 is 19.4 Å². The second-order valence-electron chi connectivity index (χ2n) is 2.86. The third-order valence-corrected chi connectivity index (χ3v) is 1.72. The third kappa shape index (κ3) is 6.24. The number of rotatable bonds is 6. The minimum atomic E-state index is -1.04. The molecule has 0 aromatic heterocycles. The van der Waals surface area contributed by atoms with Crippen LogP contribution in [-0.2, 0) is 9.53 Å². The number of carbonyl (C=O) groups excluding carboxylic acids is 1. The molecule has 0 aliphatic carbocycles. The summed E-state index contributed by atoms with van der Waals surface area (Å²) in [6, 6.07) is -0.607. The molecule has 0 saturated carbocycles. The molecule has 0 fully saturated rings. The van der Waals surface area contributed by atoms with E-state index >= 15 is 0 Å². The van der Waals surface area contributed by atoms with E-state index < -0.39 is 18.1 Å². The molecule has 4 N–H and O–H groups in total. The van der Waals surface area contributed by atoms with Gasteiger partial charge in [0.25, 0.3) is 0 Å². The predicted octanol–water partition coefficient (Wildman–Crippen LogP) is -0.0754. The third-order valence-electron chi connectivity index (χ3n) is 1.72. The Morgan fingerprint density at radius 3 is 2.64 bits per heavy atom. The molecular formula is C8H16N2O4. The van der Waals surface area contributed by atoms with Crippen LogP contribution in [0.25, 0.3) is 0 Å². The van der Waals surface area contributed by atoms with Crippen LogP contribution in [0.15, 0.2) is 0 Å². The lowest BCUT2D eigenvalue weighted by molar-refractivity contribution is -0.142. The summed E-state index contributed by atoms with van der Waals surface area (Å²) in [6.07, 6.45) is 0.823. The van der Waals surface area contributed by atoms with Gasteiger partial charge in [-0.1, -0.05) is 0 Å². The Kier molecular flexibility index (Phi) is 6.47. The molecule has 0 rings (SSSR count). The van der Waals surface area contributed by atoms with Crippen molar-refractivity contribution in [1.29, 1.82) is 0 Å². The number of carboxylic acid groups (broad SMARTS) is 1. The van der Waals surface area contributed by atoms with Gasteiger partial charge >= 0.3 is 12.1 Å². The van der Waals surface area contributed by atoms with Crippen molar-refractivity contribution in [2.45, 2.75) is 25.3 Å². The summed E-state index contributed by atoms with van der Waals surface area (Å²) >= 11 is 0. The monoisotopic (exact) mass is 204 g/mol. The fourth-order valence-electron chi connectivity index (χ4n) is 0.954. The molecule has 14 heavy (non-hydrogen) atoms. The summed E-state index contributed by atoms with van der Waals surface area (Å²) in [4.78, 5) is 20.9. The van der Waals surface area contributed by atoms with Gasteiger partial charge in [-0.05, 0) is 19.3 Å². The van der Waals surface area contributed by atoms with Crippen LogP contribution in [0.5, 0.6) is 0 Å². The SMILES string of the molecule is COC(=O)[C@@H](N)CCCCNC(=O)O. The van der Waals surface area contributed by atoms with Gasteiger partial charge in [-0.25, -0.2) is 4.79 Å². The summed E-state index contributed by atoms with van der Waals surface area (Å²) in [5.41, 5.74) is 5.46. The van der Waals surface area contributed by atoms with Crippen LogP contribution in [0.3, 0.4) is 0 Å². The lowest BCUT2D eigenvalue weighted by atomic mass is 10.1. The van der Waals surface area contributed by atoms with Gasteiger partial charge in [0.05, 0.1) is 7.11 Å². The van der Waals surface area contributed by atoms with Gasteiger partial charge in [0.2, 0.25) is 0 Å².